The fourth-order valence-corrected chi connectivity index (χ4v) is 3.63. The van der Waals surface area contributed by atoms with Gasteiger partial charge in [0, 0.05) is 20.5 Å². The zero-order valence-corrected chi connectivity index (χ0v) is 13.7. The van der Waals surface area contributed by atoms with E-state index in [4.69, 9.17) is 4.74 Å². The highest BCUT2D eigenvalue weighted by Gasteiger charge is 2.25. The number of hydrogen-bond donors (Lipinski definition) is 0. The van der Waals surface area contributed by atoms with Crippen molar-refractivity contribution in [1.29, 1.82) is 0 Å². The molecule has 0 atom stereocenters. The van der Waals surface area contributed by atoms with Crippen LogP contribution < -0.4 is 4.90 Å². The topological polar surface area (TPSA) is 59.5 Å². The van der Waals surface area contributed by atoms with E-state index in [2.05, 4.69) is 9.88 Å². The van der Waals surface area contributed by atoms with E-state index in [0.717, 1.165) is 11.7 Å². The lowest BCUT2D eigenvalue weighted by molar-refractivity contribution is 0.0517. The van der Waals surface area contributed by atoms with Crippen molar-refractivity contribution < 1.29 is 14.3 Å². The fourth-order valence-electron chi connectivity index (χ4n) is 2.71. The van der Waals surface area contributed by atoms with Gasteiger partial charge in [-0.25, -0.2) is 9.78 Å². The molecule has 0 unspecified atom stereocenters. The fraction of sp³-hybridized carbons (Fsp3) is 0.667. The Bertz CT molecular complexity index is 521. The predicted octanol–water partition coefficient (Wildman–Crippen LogP) is 3.15. The number of nitrogens with zero attached hydrogens (tertiary/aromatic N) is 2. The molecule has 0 saturated heterocycles. The maximum Gasteiger partial charge on any atom is 0.358 e. The van der Waals surface area contributed by atoms with Gasteiger partial charge in [0.1, 0.15) is 4.88 Å². The maximum atomic E-state index is 11.9. The summed E-state index contributed by atoms with van der Waals surface area (Å²) in [6, 6.07) is 0. The molecule has 21 heavy (non-hydrogen) atoms. The van der Waals surface area contributed by atoms with Gasteiger partial charge in [0.05, 0.1) is 6.61 Å². The number of esters is 1. The molecule has 1 aromatic rings. The van der Waals surface area contributed by atoms with E-state index in [1.165, 1.54) is 43.9 Å². The lowest BCUT2D eigenvalue weighted by Gasteiger charge is -2.19. The van der Waals surface area contributed by atoms with Crippen LogP contribution in [0.2, 0.25) is 0 Å². The molecule has 0 radical (unpaired) electrons. The van der Waals surface area contributed by atoms with E-state index < -0.39 is 5.97 Å². The predicted molar refractivity (Wildman–Crippen MR) is 83.3 cm³/mol. The summed E-state index contributed by atoms with van der Waals surface area (Å²) in [6.45, 7) is 4.40. The van der Waals surface area contributed by atoms with E-state index in [9.17, 15) is 9.59 Å². The van der Waals surface area contributed by atoms with Crippen LogP contribution in [0.3, 0.4) is 0 Å². The molecule has 1 saturated carbocycles. The van der Waals surface area contributed by atoms with E-state index in [1.54, 1.807) is 6.92 Å². The van der Waals surface area contributed by atoms with Crippen LogP contribution in [0, 0.1) is 5.92 Å². The molecule has 1 heterocycles. The largest absolute Gasteiger partial charge is 0.461 e. The second kappa shape index (κ2) is 7.02. The first-order valence-corrected chi connectivity index (χ1v) is 8.24. The number of carbonyl (C=O) groups excluding carboxylic acids is 2. The summed E-state index contributed by atoms with van der Waals surface area (Å²) in [5.74, 6) is 0.0289. The lowest BCUT2D eigenvalue weighted by Crippen LogP contribution is -2.24. The Kier molecular flexibility index (Phi) is 5.33. The van der Waals surface area contributed by atoms with Crippen molar-refractivity contribution in [3.8, 4) is 0 Å². The number of hydrogen-bond acceptors (Lipinski definition) is 6. The molecule has 0 spiro atoms. The van der Waals surface area contributed by atoms with Gasteiger partial charge < -0.3 is 9.64 Å². The van der Waals surface area contributed by atoms with Gasteiger partial charge in [-0.1, -0.05) is 24.2 Å². The molecule has 0 aromatic carbocycles. The van der Waals surface area contributed by atoms with Gasteiger partial charge in [-0.05, 0) is 25.7 Å². The first-order valence-electron chi connectivity index (χ1n) is 7.43. The highest BCUT2D eigenvalue weighted by atomic mass is 32.1. The number of thiazole rings is 1. The lowest BCUT2D eigenvalue weighted by atomic mass is 10.1. The van der Waals surface area contributed by atoms with Crippen molar-refractivity contribution in [2.45, 2.75) is 39.5 Å². The number of carbonyl (C=O) groups is 2. The van der Waals surface area contributed by atoms with Gasteiger partial charge in [-0.15, -0.1) is 0 Å². The van der Waals surface area contributed by atoms with E-state index >= 15 is 0 Å². The number of rotatable bonds is 6. The minimum absolute atomic E-state index is 0.143. The quantitative estimate of drug-likeness (QED) is 0.597. The Hall–Kier alpha value is -1.43. The molecule has 1 aromatic heterocycles. The Morgan fingerprint density at radius 3 is 2.62 bits per heavy atom. The highest BCUT2D eigenvalue weighted by Crippen LogP contribution is 2.30. The van der Waals surface area contributed by atoms with Crippen LogP contribution in [0.1, 0.15) is 59.7 Å². The number of Topliss-reactive ketones (excluding diaryl/α,β-unsaturated/α-hetero) is 1. The summed E-state index contributed by atoms with van der Waals surface area (Å²) in [5, 5.41) is 0.718. The summed E-state index contributed by atoms with van der Waals surface area (Å²) < 4.78 is 4.98. The van der Waals surface area contributed by atoms with Gasteiger partial charge >= 0.3 is 5.97 Å². The molecular weight excluding hydrogens is 288 g/mol. The van der Waals surface area contributed by atoms with Gasteiger partial charge in [-0.2, -0.15) is 0 Å². The minimum Gasteiger partial charge on any atom is -0.461 e. The third-order valence-electron chi connectivity index (χ3n) is 3.74. The van der Waals surface area contributed by atoms with Crippen molar-refractivity contribution in [1.82, 2.24) is 4.98 Å². The summed E-state index contributed by atoms with van der Waals surface area (Å²) in [7, 11) is 1.97. The first kappa shape index (κ1) is 15.9. The molecule has 6 heteroatoms. The Morgan fingerprint density at radius 1 is 1.38 bits per heavy atom. The van der Waals surface area contributed by atoms with Crippen LogP contribution in [0.4, 0.5) is 5.13 Å². The van der Waals surface area contributed by atoms with E-state index in [0.29, 0.717) is 10.8 Å². The molecular formula is C15H22N2O3S. The SMILES string of the molecule is CCOC(=O)c1nc(N(C)CC2CCCC2)sc1C(C)=O. The van der Waals surface area contributed by atoms with Crippen LogP contribution in [0.5, 0.6) is 0 Å². The normalized spacial score (nSPS) is 15.2. The molecule has 2 rings (SSSR count). The number of ether oxygens (including phenoxy) is 1. The average Bonchev–Trinajstić information content (AvgIpc) is 3.07. The smallest absolute Gasteiger partial charge is 0.358 e. The monoisotopic (exact) mass is 310 g/mol. The second-order valence-corrected chi connectivity index (χ2v) is 6.46. The van der Waals surface area contributed by atoms with Gasteiger partial charge in [0.15, 0.2) is 16.6 Å². The highest BCUT2D eigenvalue weighted by molar-refractivity contribution is 7.17. The molecule has 5 nitrogen and oxygen atoms in total. The van der Waals surface area contributed by atoms with E-state index in [-0.39, 0.29) is 18.1 Å². The zero-order chi connectivity index (χ0) is 15.4. The van der Waals surface area contributed by atoms with Crippen LogP contribution >= 0.6 is 11.3 Å². The van der Waals surface area contributed by atoms with Crippen molar-refractivity contribution in [2.75, 3.05) is 25.1 Å². The number of anilines is 1. The number of ketones is 1. The third kappa shape index (κ3) is 3.81. The van der Waals surface area contributed by atoms with Gasteiger partial charge in [0.25, 0.3) is 0 Å². The third-order valence-corrected chi connectivity index (χ3v) is 5.01. The van der Waals surface area contributed by atoms with Gasteiger partial charge in [-0.3, -0.25) is 4.79 Å². The standard InChI is InChI=1S/C15H22N2O3S/c1-4-20-14(19)12-13(10(2)18)21-15(16-12)17(3)9-11-7-5-6-8-11/h11H,4-9H2,1-3H3. The summed E-state index contributed by atoms with van der Waals surface area (Å²) in [4.78, 5) is 30.4. The van der Waals surface area contributed by atoms with Crippen molar-refractivity contribution in [3.05, 3.63) is 10.6 Å². The second-order valence-electron chi connectivity index (χ2n) is 5.48. The molecule has 0 amide bonds. The summed E-state index contributed by atoms with van der Waals surface area (Å²) in [5.41, 5.74) is 0.155. The maximum absolute atomic E-state index is 11.9. The van der Waals surface area contributed by atoms with Crippen LogP contribution in [0.15, 0.2) is 0 Å². The Morgan fingerprint density at radius 2 is 2.05 bits per heavy atom. The van der Waals surface area contributed by atoms with Crippen molar-refractivity contribution >= 4 is 28.2 Å². The van der Waals surface area contributed by atoms with Crippen molar-refractivity contribution in [2.24, 2.45) is 5.92 Å². The molecule has 0 bridgehead atoms. The molecule has 0 aliphatic heterocycles. The minimum atomic E-state index is -0.514. The van der Waals surface area contributed by atoms with Crippen molar-refractivity contribution in [3.63, 3.8) is 0 Å². The van der Waals surface area contributed by atoms with Gasteiger partial charge in [0.2, 0.25) is 0 Å². The number of aromatic nitrogens is 1. The van der Waals surface area contributed by atoms with E-state index in [1.807, 2.05) is 7.05 Å². The molecule has 1 aliphatic carbocycles. The van der Waals surface area contributed by atoms with Crippen LogP contribution in [-0.2, 0) is 4.74 Å². The summed E-state index contributed by atoms with van der Waals surface area (Å²) >= 11 is 1.28. The Labute approximate surface area is 129 Å². The average molecular weight is 310 g/mol. The summed E-state index contributed by atoms with van der Waals surface area (Å²) in [6.07, 6.45) is 5.09. The van der Waals surface area contributed by atoms with Crippen LogP contribution in [0.25, 0.3) is 0 Å². The zero-order valence-electron chi connectivity index (χ0n) is 12.8. The molecule has 1 aliphatic rings. The molecule has 116 valence electrons. The first-order chi connectivity index (χ1) is 10.0. The molecule has 0 N–H and O–H groups in total. The molecule has 1 fully saturated rings. The Balaban J connectivity index is 2.17. The van der Waals surface area contributed by atoms with Crippen LogP contribution in [-0.4, -0.2) is 36.9 Å².